The highest BCUT2D eigenvalue weighted by Crippen LogP contribution is 2.58. The largest absolute Gasteiger partial charge is 0.481 e. The lowest BCUT2D eigenvalue weighted by molar-refractivity contribution is -0.141. The van der Waals surface area contributed by atoms with Crippen LogP contribution >= 0.6 is 0 Å². The molecule has 2 amide bonds. The molecule has 1 saturated carbocycles. The van der Waals surface area contributed by atoms with Crippen LogP contribution in [0.25, 0.3) is 0 Å². The van der Waals surface area contributed by atoms with Crippen molar-refractivity contribution in [1.29, 1.82) is 0 Å². The maximum Gasteiger partial charge on any atom is 0.405 e. The van der Waals surface area contributed by atoms with Gasteiger partial charge < -0.3 is 15.7 Å². The van der Waals surface area contributed by atoms with E-state index in [0.29, 0.717) is 0 Å². The summed E-state index contributed by atoms with van der Waals surface area (Å²) in [6.07, 6.45) is -4.52. The lowest BCUT2D eigenvalue weighted by Crippen LogP contribution is -2.41. The second-order valence-electron chi connectivity index (χ2n) is 5.22. The summed E-state index contributed by atoms with van der Waals surface area (Å²) in [5.74, 6) is -4.38. The molecule has 0 heterocycles. The van der Waals surface area contributed by atoms with Crippen LogP contribution in [0.4, 0.5) is 13.2 Å². The maximum atomic E-state index is 11.8. The number of aliphatic carboxylic acids is 1. The average Bonchev–Trinajstić information content (AvgIpc) is 2.85. The second kappa shape index (κ2) is 5.29. The number of hydrogen-bond donors (Lipinski definition) is 3. The fourth-order valence-electron chi connectivity index (χ4n) is 2.13. The highest BCUT2D eigenvalue weighted by Gasteiger charge is 2.65. The Labute approximate surface area is 112 Å². The molecule has 0 saturated heterocycles. The van der Waals surface area contributed by atoms with E-state index in [0.717, 1.165) is 0 Å². The molecule has 0 aliphatic heterocycles. The van der Waals surface area contributed by atoms with Gasteiger partial charge in [0.05, 0.1) is 18.4 Å². The van der Waals surface area contributed by atoms with Crippen LogP contribution in [0.15, 0.2) is 0 Å². The fraction of sp³-hybridized carbons (Fsp3) is 0.727. The zero-order valence-electron chi connectivity index (χ0n) is 10.9. The van der Waals surface area contributed by atoms with Crippen molar-refractivity contribution >= 4 is 17.8 Å². The van der Waals surface area contributed by atoms with Crippen molar-refractivity contribution < 1.29 is 32.7 Å². The first kappa shape index (κ1) is 16.3. The lowest BCUT2D eigenvalue weighted by Gasteiger charge is -2.09. The number of carboxylic acids is 1. The number of nitrogens with one attached hydrogen (secondary N) is 2. The van der Waals surface area contributed by atoms with Crippen molar-refractivity contribution in [2.75, 3.05) is 13.1 Å². The molecule has 3 N–H and O–H groups in total. The Morgan fingerprint density at radius 3 is 2.10 bits per heavy atom. The lowest BCUT2D eigenvalue weighted by atomic mass is 10.1. The highest BCUT2D eigenvalue weighted by molar-refractivity contribution is 5.93. The quantitative estimate of drug-likeness (QED) is 0.672. The normalized spacial score (nSPS) is 23.9. The summed E-state index contributed by atoms with van der Waals surface area (Å²) in [7, 11) is 0. The molecule has 9 heteroatoms. The number of amides is 2. The van der Waals surface area contributed by atoms with Crippen LogP contribution < -0.4 is 10.6 Å². The summed E-state index contributed by atoms with van der Waals surface area (Å²) in [6.45, 7) is 1.10. The van der Waals surface area contributed by atoms with Crippen molar-refractivity contribution in [3.05, 3.63) is 0 Å². The zero-order chi connectivity index (χ0) is 15.7. The van der Waals surface area contributed by atoms with E-state index in [2.05, 4.69) is 5.32 Å². The first-order chi connectivity index (χ1) is 8.97. The van der Waals surface area contributed by atoms with Gasteiger partial charge in [-0.3, -0.25) is 14.4 Å². The molecular weight excluding hydrogens is 281 g/mol. The summed E-state index contributed by atoms with van der Waals surface area (Å²) in [6, 6.07) is 0. The Kier molecular flexibility index (Phi) is 4.30. The summed E-state index contributed by atoms with van der Waals surface area (Å²) < 4.78 is 35.5. The van der Waals surface area contributed by atoms with E-state index in [-0.39, 0.29) is 0 Å². The van der Waals surface area contributed by atoms with Crippen molar-refractivity contribution in [1.82, 2.24) is 10.6 Å². The minimum atomic E-state index is -4.52. The van der Waals surface area contributed by atoms with Gasteiger partial charge in [0.1, 0.15) is 6.54 Å². The maximum absolute atomic E-state index is 11.8. The third kappa shape index (κ3) is 3.84. The number of hydrogen-bond acceptors (Lipinski definition) is 3. The number of alkyl halides is 3. The first-order valence-corrected chi connectivity index (χ1v) is 5.81. The SMILES string of the molecule is CC1(C)[C@H](C(=O)O)[C@@H]1C(=O)NCC(=O)NCC(F)(F)F. The molecule has 0 radical (unpaired) electrons. The van der Waals surface area contributed by atoms with Crippen molar-refractivity contribution in [2.45, 2.75) is 20.0 Å². The molecule has 1 fully saturated rings. The summed E-state index contributed by atoms with van der Waals surface area (Å²) >= 11 is 0. The van der Waals surface area contributed by atoms with Gasteiger partial charge in [-0.1, -0.05) is 13.8 Å². The van der Waals surface area contributed by atoms with Gasteiger partial charge in [0.25, 0.3) is 0 Å². The monoisotopic (exact) mass is 296 g/mol. The van der Waals surface area contributed by atoms with Crippen LogP contribution in [-0.4, -0.2) is 42.2 Å². The van der Waals surface area contributed by atoms with Gasteiger partial charge >= 0.3 is 12.1 Å². The Morgan fingerprint density at radius 1 is 1.15 bits per heavy atom. The van der Waals surface area contributed by atoms with Crippen LogP contribution in [0.5, 0.6) is 0 Å². The molecular formula is C11H15F3N2O4. The van der Waals surface area contributed by atoms with Crippen LogP contribution in [0.2, 0.25) is 0 Å². The van der Waals surface area contributed by atoms with Gasteiger partial charge in [0.2, 0.25) is 11.8 Å². The molecule has 2 atom stereocenters. The number of carbonyl (C=O) groups excluding carboxylic acids is 2. The number of halogens is 3. The van der Waals surface area contributed by atoms with Crippen molar-refractivity contribution in [3.8, 4) is 0 Å². The van der Waals surface area contributed by atoms with Crippen LogP contribution in [0.1, 0.15) is 13.8 Å². The molecule has 0 aromatic carbocycles. The first-order valence-electron chi connectivity index (χ1n) is 5.81. The fourth-order valence-corrected chi connectivity index (χ4v) is 2.13. The molecule has 0 aromatic rings. The topological polar surface area (TPSA) is 95.5 Å². The highest BCUT2D eigenvalue weighted by atomic mass is 19.4. The standard InChI is InChI=1S/C11H15F3N2O4/c1-10(2)6(7(10)9(19)20)8(18)15-3-5(17)16-4-11(12,13)14/h6-7H,3-4H2,1-2H3,(H,15,18)(H,16,17)(H,19,20)/t6-,7+/m1/s1. The minimum absolute atomic E-state index is 0.617. The van der Waals surface area contributed by atoms with Crippen LogP contribution in [0.3, 0.4) is 0 Å². The minimum Gasteiger partial charge on any atom is -0.481 e. The van der Waals surface area contributed by atoms with E-state index in [4.69, 9.17) is 5.11 Å². The average molecular weight is 296 g/mol. The third-order valence-corrected chi connectivity index (χ3v) is 3.29. The van der Waals surface area contributed by atoms with Gasteiger partial charge in [-0.2, -0.15) is 13.2 Å². The molecule has 0 aromatic heterocycles. The van der Waals surface area contributed by atoms with Crippen LogP contribution in [0, 0.1) is 17.3 Å². The van der Waals surface area contributed by atoms with E-state index in [1.165, 1.54) is 0 Å². The third-order valence-electron chi connectivity index (χ3n) is 3.29. The predicted octanol–water partition coefficient (Wildman–Crippen LogP) is 0.138. The molecule has 1 aliphatic rings. The predicted molar refractivity (Wildman–Crippen MR) is 60.5 cm³/mol. The summed E-state index contributed by atoms with van der Waals surface area (Å²) in [5, 5.41) is 12.6. The molecule has 20 heavy (non-hydrogen) atoms. The molecule has 0 spiro atoms. The van der Waals surface area contributed by atoms with Crippen molar-refractivity contribution in [2.24, 2.45) is 17.3 Å². The molecule has 1 rings (SSSR count). The number of carboxylic acid groups (broad SMARTS) is 1. The smallest absolute Gasteiger partial charge is 0.405 e. The number of rotatable bonds is 5. The van der Waals surface area contributed by atoms with E-state index in [1.807, 2.05) is 0 Å². The molecule has 1 aliphatic carbocycles. The number of carbonyl (C=O) groups is 3. The van der Waals surface area contributed by atoms with Gasteiger partial charge in [-0.05, 0) is 5.41 Å². The molecule has 0 bridgehead atoms. The van der Waals surface area contributed by atoms with E-state index in [9.17, 15) is 27.6 Å². The van der Waals surface area contributed by atoms with Crippen molar-refractivity contribution in [3.63, 3.8) is 0 Å². The molecule has 6 nitrogen and oxygen atoms in total. The van der Waals surface area contributed by atoms with Gasteiger partial charge in [-0.25, -0.2) is 0 Å². The van der Waals surface area contributed by atoms with Crippen LogP contribution in [-0.2, 0) is 14.4 Å². The van der Waals surface area contributed by atoms with E-state index >= 15 is 0 Å². The van der Waals surface area contributed by atoms with Gasteiger partial charge in [0, 0.05) is 0 Å². The zero-order valence-corrected chi connectivity index (χ0v) is 10.9. The van der Waals surface area contributed by atoms with Gasteiger partial charge in [-0.15, -0.1) is 0 Å². The van der Waals surface area contributed by atoms with Gasteiger partial charge in [0.15, 0.2) is 0 Å². The van der Waals surface area contributed by atoms with E-state index < -0.39 is 54.3 Å². The van der Waals surface area contributed by atoms with E-state index in [1.54, 1.807) is 19.2 Å². The Balaban J connectivity index is 2.38. The summed E-state index contributed by atoms with van der Waals surface area (Å²) in [4.78, 5) is 33.6. The Hall–Kier alpha value is -1.80. The summed E-state index contributed by atoms with van der Waals surface area (Å²) in [5.41, 5.74) is -0.724. The Morgan fingerprint density at radius 2 is 1.70 bits per heavy atom. The molecule has 114 valence electrons. The Bertz CT molecular complexity index is 434. The second-order valence-corrected chi connectivity index (χ2v) is 5.22. The molecule has 0 unspecified atom stereocenters.